The van der Waals surface area contributed by atoms with E-state index in [1.807, 2.05) is 0 Å². The van der Waals surface area contributed by atoms with Gasteiger partial charge in [-0.05, 0) is 20.3 Å². The minimum atomic E-state index is -3.44. The van der Waals surface area contributed by atoms with Crippen LogP contribution in [0.1, 0.15) is 30.6 Å². The first-order chi connectivity index (χ1) is 11.9. The van der Waals surface area contributed by atoms with Crippen molar-refractivity contribution in [2.45, 2.75) is 31.8 Å². The van der Waals surface area contributed by atoms with Crippen molar-refractivity contribution in [2.75, 3.05) is 13.1 Å². The molecule has 0 radical (unpaired) electrons. The second-order valence-electron chi connectivity index (χ2n) is 6.43. The molecule has 0 saturated heterocycles. The van der Waals surface area contributed by atoms with Crippen LogP contribution >= 0.6 is 0 Å². The molecule has 3 atom stereocenters. The Balaban J connectivity index is 2.06. The first-order valence-corrected chi connectivity index (χ1v) is 8.52. The molecular weight excluding hydrogens is 328 g/mol. The molecule has 0 spiro atoms. The van der Waals surface area contributed by atoms with Crippen LogP contribution in [0.25, 0.3) is 0 Å². The fourth-order valence-corrected chi connectivity index (χ4v) is 3.79. The molecule has 1 fully saturated rings. The third-order valence-corrected chi connectivity index (χ3v) is 5.21. The van der Waals surface area contributed by atoms with E-state index in [-0.39, 0.29) is 12.0 Å². The number of alkyl halides is 2. The molecule has 2 aliphatic carbocycles. The van der Waals surface area contributed by atoms with E-state index in [1.54, 1.807) is 38.1 Å². The van der Waals surface area contributed by atoms with E-state index in [1.165, 1.54) is 23.1 Å². The van der Waals surface area contributed by atoms with Gasteiger partial charge in [0.2, 0.25) is 11.4 Å². The smallest absolute Gasteiger partial charge is 0.410 e. The van der Waals surface area contributed by atoms with Crippen LogP contribution in [0.15, 0.2) is 42.5 Å². The number of halogens is 2. The topological polar surface area (TPSA) is 46.6 Å². The van der Waals surface area contributed by atoms with Gasteiger partial charge in [0, 0.05) is 30.5 Å². The number of Topliss-reactive ketones (excluding diaryl/α,β-unsaturated/α-hetero) is 1. The Labute approximate surface area is 145 Å². The number of nitrogens with zero attached hydrogens (tertiary/aromatic N) is 1. The van der Waals surface area contributed by atoms with Crippen molar-refractivity contribution in [1.82, 2.24) is 4.90 Å². The minimum absolute atomic E-state index is 0.108. The Morgan fingerprint density at radius 2 is 1.72 bits per heavy atom. The first-order valence-electron chi connectivity index (χ1n) is 8.52. The van der Waals surface area contributed by atoms with Gasteiger partial charge >= 0.3 is 12.0 Å². The zero-order valence-corrected chi connectivity index (χ0v) is 14.2. The lowest BCUT2D eigenvalue weighted by Crippen LogP contribution is -2.61. The normalized spacial score (nSPS) is 28.8. The maximum atomic E-state index is 15.2. The highest BCUT2D eigenvalue weighted by atomic mass is 19.3. The van der Waals surface area contributed by atoms with Crippen LogP contribution in [-0.4, -0.2) is 41.4 Å². The molecule has 4 nitrogen and oxygen atoms in total. The first kappa shape index (κ1) is 17.6. The van der Waals surface area contributed by atoms with Crippen LogP contribution in [0.2, 0.25) is 0 Å². The summed E-state index contributed by atoms with van der Waals surface area (Å²) in [6, 6.07) is 7.86. The van der Waals surface area contributed by atoms with Crippen molar-refractivity contribution in [3.63, 3.8) is 0 Å². The van der Waals surface area contributed by atoms with E-state index < -0.39 is 35.2 Å². The zero-order valence-electron chi connectivity index (χ0n) is 14.2. The molecular formula is C19H21F2NO3. The number of rotatable bonds is 5. The molecule has 1 aromatic rings. The molecule has 1 aromatic carbocycles. The lowest BCUT2D eigenvalue weighted by atomic mass is 9.78. The van der Waals surface area contributed by atoms with E-state index >= 15 is 8.78 Å². The zero-order chi connectivity index (χ0) is 18.2. The van der Waals surface area contributed by atoms with Crippen molar-refractivity contribution in [3.8, 4) is 0 Å². The highest BCUT2D eigenvalue weighted by Gasteiger charge is 2.75. The average molecular weight is 349 g/mol. The Morgan fingerprint density at radius 3 is 2.24 bits per heavy atom. The highest BCUT2D eigenvalue weighted by Crippen LogP contribution is 2.59. The molecule has 0 aliphatic heterocycles. The maximum Gasteiger partial charge on any atom is 0.410 e. The summed E-state index contributed by atoms with van der Waals surface area (Å²) in [7, 11) is 0. The van der Waals surface area contributed by atoms with Gasteiger partial charge < -0.3 is 9.64 Å². The Kier molecular flexibility index (Phi) is 4.39. The van der Waals surface area contributed by atoms with Gasteiger partial charge in [0.05, 0.1) is 0 Å². The molecule has 0 N–H and O–H groups in total. The quantitative estimate of drug-likeness (QED) is 0.598. The van der Waals surface area contributed by atoms with E-state index in [2.05, 4.69) is 0 Å². The SMILES string of the molecule is CCN(CC)C(=O)O[C@@]1(C(=O)c2ccccc2)[C@@H]2C=C[C@@H](C2)C1(F)F. The van der Waals surface area contributed by atoms with E-state index in [0.717, 1.165) is 0 Å². The van der Waals surface area contributed by atoms with Gasteiger partial charge in [-0.15, -0.1) is 0 Å². The minimum Gasteiger partial charge on any atom is -0.427 e. The van der Waals surface area contributed by atoms with E-state index in [9.17, 15) is 9.59 Å². The molecule has 2 aliphatic rings. The van der Waals surface area contributed by atoms with Gasteiger partial charge in [-0.1, -0.05) is 42.5 Å². The van der Waals surface area contributed by atoms with Crippen LogP contribution < -0.4 is 0 Å². The predicted octanol–water partition coefficient (Wildman–Crippen LogP) is 3.93. The third kappa shape index (κ3) is 2.46. The van der Waals surface area contributed by atoms with Gasteiger partial charge in [0.25, 0.3) is 0 Å². The Morgan fingerprint density at radius 1 is 1.12 bits per heavy atom. The monoisotopic (exact) mass is 349 g/mol. The molecule has 6 heteroatoms. The largest absolute Gasteiger partial charge is 0.427 e. The van der Waals surface area contributed by atoms with Crippen LogP contribution in [0.4, 0.5) is 13.6 Å². The Bertz CT molecular complexity index is 700. The van der Waals surface area contributed by atoms with Crippen molar-refractivity contribution in [2.24, 2.45) is 11.8 Å². The average Bonchev–Trinajstić information content (AvgIpc) is 3.17. The van der Waals surface area contributed by atoms with Gasteiger partial charge in [-0.3, -0.25) is 4.79 Å². The molecule has 25 heavy (non-hydrogen) atoms. The molecule has 0 aromatic heterocycles. The third-order valence-electron chi connectivity index (χ3n) is 5.21. The molecule has 3 rings (SSSR count). The number of carbonyl (C=O) groups is 2. The fraction of sp³-hybridized carbons (Fsp3) is 0.474. The molecule has 0 heterocycles. The number of ether oxygens (including phenoxy) is 1. The number of benzene rings is 1. The van der Waals surface area contributed by atoms with E-state index in [0.29, 0.717) is 13.1 Å². The summed E-state index contributed by atoms with van der Waals surface area (Å²) in [6.45, 7) is 4.10. The summed E-state index contributed by atoms with van der Waals surface area (Å²) in [6.07, 6.45) is 2.23. The summed E-state index contributed by atoms with van der Waals surface area (Å²) < 4.78 is 35.7. The number of allylic oxidation sites excluding steroid dienone is 1. The van der Waals surface area contributed by atoms with Crippen molar-refractivity contribution >= 4 is 11.9 Å². The lowest BCUT2D eigenvalue weighted by Gasteiger charge is -2.40. The summed E-state index contributed by atoms with van der Waals surface area (Å²) in [5, 5.41) is 0. The summed E-state index contributed by atoms with van der Waals surface area (Å²) in [5.41, 5.74) is -2.36. The number of amides is 1. The molecule has 2 bridgehead atoms. The van der Waals surface area contributed by atoms with Crippen LogP contribution in [0.3, 0.4) is 0 Å². The number of ketones is 1. The van der Waals surface area contributed by atoms with Gasteiger partial charge in [0.15, 0.2) is 0 Å². The number of fused-ring (bicyclic) bond motifs is 2. The summed E-state index contributed by atoms with van der Waals surface area (Å²) in [4.78, 5) is 26.9. The molecule has 134 valence electrons. The van der Waals surface area contributed by atoms with Crippen LogP contribution in [0.5, 0.6) is 0 Å². The van der Waals surface area contributed by atoms with Gasteiger partial charge in [-0.2, -0.15) is 0 Å². The second kappa shape index (κ2) is 6.24. The maximum absolute atomic E-state index is 15.2. The predicted molar refractivity (Wildman–Crippen MR) is 88.6 cm³/mol. The van der Waals surface area contributed by atoms with Crippen LogP contribution in [-0.2, 0) is 4.74 Å². The van der Waals surface area contributed by atoms with Gasteiger partial charge in [-0.25, -0.2) is 13.6 Å². The summed E-state index contributed by atoms with van der Waals surface area (Å²) in [5.74, 6) is -6.19. The van der Waals surface area contributed by atoms with Crippen LogP contribution in [0, 0.1) is 11.8 Å². The molecule has 0 unspecified atom stereocenters. The number of carbonyl (C=O) groups excluding carboxylic acids is 2. The van der Waals surface area contributed by atoms with E-state index in [4.69, 9.17) is 4.74 Å². The highest BCUT2D eigenvalue weighted by molar-refractivity contribution is 6.05. The van der Waals surface area contributed by atoms with Crippen molar-refractivity contribution in [1.29, 1.82) is 0 Å². The Hall–Kier alpha value is -2.24. The summed E-state index contributed by atoms with van der Waals surface area (Å²) >= 11 is 0. The number of hydrogen-bond donors (Lipinski definition) is 0. The molecule has 1 amide bonds. The second-order valence-corrected chi connectivity index (χ2v) is 6.43. The van der Waals surface area contributed by atoms with Gasteiger partial charge in [0.1, 0.15) is 0 Å². The van der Waals surface area contributed by atoms with Crippen molar-refractivity contribution in [3.05, 3.63) is 48.0 Å². The fourth-order valence-electron chi connectivity index (χ4n) is 3.79. The number of hydrogen-bond acceptors (Lipinski definition) is 3. The van der Waals surface area contributed by atoms with Crippen molar-refractivity contribution < 1.29 is 23.1 Å². The standard InChI is InChI=1S/C19H21F2NO3/c1-3-22(4-2)17(24)25-18(16(23)13-8-6-5-7-9-13)14-10-11-15(12-14)19(18,20)21/h5-11,14-15H,3-4,12H2,1-2H3/t14-,15+,18-/m1/s1. The molecule has 1 saturated carbocycles. The lowest BCUT2D eigenvalue weighted by molar-refractivity contribution is -0.164.